The smallest absolute Gasteiger partial charge is 0.267 e. The molecule has 2 aliphatic heterocycles. The predicted octanol–water partition coefficient (Wildman–Crippen LogP) is 0.289. The largest absolute Gasteiger partial charge is 0.548 e. The first-order valence-corrected chi connectivity index (χ1v) is 8.43. The number of carboxylic acids is 1. The van der Waals surface area contributed by atoms with Crippen molar-refractivity contribution in [3.05, 3.63) is 34.7 Å². The number of carbonyl (C=O) groups excluding carboxylic acids is 4. The van der Waals surface area contributed by atoms with Crippen molar-refractivity contribution in [1.29, 1.82) is 0 Å². The third-order valence-corrected chi connectivity index (χ3v) is 5.30. The number of para-hydroxylation sites is 1. The highest BCUT2D eigenvalue weighted by atomic mass is 32.2. The zero-order valence-corrected chi connectivity index (χ0v) is 14.8. The van der Waals surface area contributed by atoms with Gasteiger partial charge in [-0.3, -0.25) is 19.3 Å². The van der Waals surface area contributed by atoms with Crippen LogP contribution in [0.1, 0.15) is 19.4 Å². The Morgan fingerprint density at radius 2 is 1.84 bits per heavy atom. The lowest BCUT2D eigenvalue weighted by molar-refractivity contribution is -0.309. The number of carboxylic acid groups (broad SMARTS) is 1. The zero-order valence-electron chi connectivity index (χ0n) is 13.1. The van der Waals surface area contributed by atoms with Crippen molar-refractivity contribution in [2.75, 3.05) is 4.90 Å². The summed E-state index contributed by atoms with van der Waals surface area (Å²) in [5, 5.41) is 11.1. The second kappa shape index (κ2) is 6.08. The number of thioether (sulfide) groups is 1. The summed E-state index contributed by atoms with van der Waals surface area (Å²) < 4.78 is 0.0238. The molecule has 2 aliphatic rings. The molecule has 0 unspecified atom stereocenters. The maximum Gasteiger partial charge on any atom is 0.267 e. The highest BCUT2D eigenvalue weighted by Crippen LogP contribution is 2.44. The van der Waals surface area contributed by atoms with Gasteiger partial charge in [-0.1, -0.05) is 42.2 Å². The van der Waals surface area contributed by atoms with E-state index in [0.717, 1.165) is 21.6 Å². The average Bonchev–Trinajstić information content (AvgIpc) is 2.99. The van der Waals surface area contributed by atoms with Crippen molar-refractivity contribution < 1.29 is 24.3 Å². The van der Waals surface area contributed by atoms with Crippen LogP contribution in [0.15, 0.2) is 29.2 Å². The normalized spacial score (nSPS) is 21.0. The van der Waals surface area contributed by atoms with Gasteiger partial charge in [-0.25, -0.2) is 4.90 Å². The van der Waals surface area contributed by atoms with E-state index in [9.17, 15) is 24.3 Å². The molecule has 9 heteroatoms. The van der Waals surface area contributed by atoms with Gasteiger partial charge in [-0.2, -0.15) is 0 Å². The summed E-state index contributed by atoms with van der Waals surface area (Å²) in [5.41, 5.74) is 0.869. The molecule has 0 spiro atoms. The Balaban J connectivity index is 2.17. The van der Waals surface area contributed by atoms with Gasteiger partial charge in [0.05, 0.1) is 28.2 Å². The van der Waals surface area contributed by atoms with Crippen LogP contribution in [-0.4, -0.2) is 39.0 Å². The van der Waals surface area contributed by atoms with Crippen LogP contribution in [0.2, 0.25) is 0 Å². The highest BCUT2D eigenvalue weighted by Gasteiger charge is 2.44. The number of carbonyl (C=O) groups is 4. The highest BCUT2D eigenvalue weighted by molar-refractivity contribution is 8.26. The Bertz CT molecular complexity index is 892. The van der Waals surface area contributed by atoms with Gasteiger partial charge in [0.1, 0.15) is 4.32 Å². The SMILES string of the molecule is CC(=O)N1C(=O)/C(=C2\SC(=S)N([C@H](C)C(=O)[O-])C2=O)c2ccccc21. The first-order chi connectivity index (χ1) is 11.8. The van der Waals surface area contributed by atoms with E-state index in [-0.39, 0.29) is 14.8 Å². The van der Waals surface area contributed by atoms with Crippen LogP contribution >= 0.6 is 24.0 Å². The first-order valence-electron chi connectivity index (χ1n) is 7.20. The molecule has 0 saturated carbocycles. The minimum absolute atomic E-state index is 0.0132. The van der Waals surface area contributed by atoms with Gasteiger partial charge in [0.15, 0.2) is 0 Å². The standard InChI is InChI=1S/C16H12N2O5S2/c1-7(15(22)23)17-14(21)12(25-16(17)24)11-9-5-3-4-6-10(9)18(8(2)19)13(11)20/h3-7H,1-2H3,(H,22,23)/p-1/b12-11-/t7-/m1/s1. The van der Waals surface area contributed by atoms with Crippen LogP contribution < -0.4 is 10.0 Å². The van der Waals surface area contributed by atoms with Crippen molar-refractivity contribution in [1.82, 2.24) is 4.90 Å². The number of thiocarbonyl (C=S) groups is 1. The number of fused-ring (bicyclic) bond motifs is 1. The Hall–Kier alpha value is -2.52. The van der Waals surface area contributed by atoms with Gasteiger partial charge in [0, 0.05) is 12.5 Å². The minimum atomic E-state index is -1.45. The lowest BCUT2D eigenvalue weighted by atomic mass is 10.1. The second-order valence-corrected chi connectivity index (χ2v) is 7.06. The van der Waals surface area contributed by atoms with Gasteiger partial charge in [0.25, 0.3) is 11.8 Å². The molecule has 0 N–H and O–H groups in total. The van der Waals surface area contributed by atoms with Crippen LogP contribution in [0.25, 0.3) is 5.57 Å². The Morgan fingerprint density at radius 3 is 2.44 bits per heavy atom. The monoisotopic (exact) mass is 375 g/mol. The molecular weight excluding hydrogens is 364 g/mol. The van der Waals surface area contributed by atoms with Crippen molar-refractivity contribution in [3.63, 3.8) is 0 Å². The molecule has 7 nitrogen and oxygen atoms in total. The molecule has 3 amide bonds. The summed E-state index contributed by atoms with van der Waals surface area (Å²) in [5.74, 6) is -3.25. The second-order valence-electron chi connectivity index (χ2n) is 5.42. The number of hydrogen-bond acceptors (Lipinski definition) is 7. The maximum absolute atomic E-state index is 12.7. The van der Waals surface area contributed by atoms with Crippen LogP contribution in [-0.2, 0) is 19.2 Å². The number of nitrogens with zero attached hydrogens (tertiary/aromatic N) is 2. The molecular formula is C16H11N2O5S2-. The van der Waals surface area contributed by atoms with Gasteiger partial charge in [-0.15, -0.1) is 0 Å². The third-order valence-electron chi connectivity index (χ3n) is 3.90. The number of imide groups is 1. The third kappa shape index (κ3) is 2.56. The molecule has 1 fully saturated rings. The van der Waals surface area contributed by atoms with Crippen LogP contribution in [0.4, 0.5) is 5.69 Å². The van der Waals surface area contributed by atoms with Crippen LogP contribution in [0.3, 0.4) is 0 Å². The van der Waals surface area contributed by atoms with E-state index in [4.69, 9.17) is 12.2 Å². The fourth-order valence-electron chi connectivity index (χ4n) is 2.72. The Labute approximate surface area is 152 Å². The van der Waals surface area contributed by atoms with Gasteiger partial charge < -0.3 is 9.90 Å². The van der Waals surface area contributed by atoms with Crippen molar-refractivity contribution in [2.45, 2.75) is 19.9 Å². The van der Waals surface area contributed by atoms with Crippen molar-refractivity contribution in [2.24, 2.45) is 0 Å². The fourth-order valence-corrected chi connectivity index (χ4v) is 4.21. The van der Waals surface area contributed by atoms with Gasteiger partial charge in [-0.05, 0) is 13.0 Å². The number of rotatable bonds is 2. The molecule has 0 aromatic heterocycles. The quantitative estimate of drug-likeness (QED) is 0.541. The summed E-state index contributed by atoms with van der Waals surface area (Å²) in [6, 6.07) is 5.32. The van der Waals surface area contributed by atoms with E-state index in [1.54, 1.807) is 24.3 Å². The van der Waals surface area contributed by atoms with E-state index >= 15 is 0 Å². The zero-order chi connectivity index (χ0) is 18.5. The summed E-state index contributed by atoms with van der Waals surface area (Å²) in [4.78, 5) is 50.3. The molecule has 2 heterocycles. The Kier molecular flexibility index (Phi) is 4.21. The maximum atomic E-state index is 12.7. The number of anilines is 1. The molecule has 0 bridgehead atoms. The topological polar surface area (TPSA) is 97.8 Å². The molecule has 128 valence electrons. The van der Waals surface area contributed by atoms with Crippen molar-refractivity contribution in [3.8, 4) is 0 Å². The Morgan fingerprint density at radius 1 is 1.20 bits per heavy atom. The summed E-state index contributed by atoms with van der Waals surface area (Å²) in [7, 11) is 0. The van der Waals surface area contributed by atoms with Crippen LogP contribution in [0, 0.1) is 0 Å². The van der Waals surface area contributed by atoms with Crippen molar-refractivity contribution >= 4 is 63.3 Å². The summed E-state index contributed by atoms with van der Waals surface area (Å²) in [6.45, 7) is 2.53. The van der Waals surface area contributed by atoms with E-state index in [1.807, 2.05) is 0 Å². The van der Waals surface area contributed by atoms with E-state index in [0.29, 0.717) is 11.3 Å². The fraction of sp³-hybridized carbons (Fsp3) is 0.188. The lowest BCUT2D eigenvalue weighted by Gasteiger charge is -2.23. The molecule has 0 radical (unpaired) electrons. The van der Waals surface area contributed by atoms with E-state index in [2.05, 4.69) is 0 Å². The lowest BCUT2D eigenvalue weighted by Crippen LogP contribution is -2.48. The van der Waals surface area contributed by atoms with E-state index < -0.39 is 29.7 Å². The number of benzene rings is 1. The number of amides is 3. The van der Waals surface area contributed by atoms with Gasteiger partial charge in [0.2, 0.25) is 5.91 Å². The molecule has 1 atom stereocenters. The number of aliphatic carboxylic acids is 1. The summed E-state index contributed by atoms with van der Waals surface area (Å²) >= 11 is 5.94. The first kappa shape index (κ1) is 17.3. The molecule has 0 aliphatic carbocycles. The molecule has 1 aromatic carbocycles. The average molecular weight is 375 g/mol. The van der Waals surface area contributed by atoms with E-state index in [1.165, 1.54) is 13.8 Å². The molecule has 25 heavy (non-hydrogen) atoms. The molecule has 3 rings (SSSR count). The molecule has 1 aromatic rings. The minimum Gasteiger partial charge on any atom is -0.548 e. The number of hydrogen-bond donors (Lipinski definition) is 0. The van der Waals surface area contributed by atoms with Gasteiger partial charge >= 0.3 is 0 Å². The predicted molar refractivity (Wildman–Crippen MR) is 93.0 cm³/mol. The molecule has 1 saturated heterocycles. The summed E-state index contributed by atoms with van der Waals surface area (Å²) in [6.07, 6.45) is 0. The van der Waals surface area contributed by atoms with Crippen LogP contribution in [0.5, 0.6) is 0 Å².